The summed E-state index contributed by atoms with van der Waals surface area (Å²) in [6, 6.07) is 10.4. The molecule has 10 heteroatoms. The topological polar surface area (TPSA) is 96.8 Å². The van der Waals surface area contributed by atoms with Crippen LogP contribution in [0.4, 0.5) is 0 Å². The molecule has 0 spiro atoms. The lowest BCUT2D eigenvalue weighted by molar-refractivity contribution is 0.0780. The SMILES string of the molecule is C[Si](C)(C)CCOCn1ccnc1C(=O)CC(=O)c1cc(Cn2cccn2)cc(Cn2cccn2)c1. The summed E-state index contributed by atoms with van der Waals surface area (Å²) in [6.45, 7) is 8.80. The van der Waals surface area contributed by atoms with E-state index in [4.69, 9.17) is 4.74 Å². The maximum Gasteiger partial charge on any atom is 0.206 e. The van der Waals surface area contributed by atoms with Gasteiger partial charge in [0, 0.05) is 57.4 Å². The number of benzene rings is 1. The number of imidazole rings is 1. The van der Waals surface area contributed by atoms with Gasteiger partial charge in [0.2, 0.25) is 5.78 Å². The van der Waals surface area contributed by atoms with E-state index in [0.29, 0.717) is 25.3 Å². The third kappa shape index (κ3) is 7.19. The molecule has 0 atom stereocenters. The molecular weight excluding hydrogens is 472 g/mol. The highest BCUT2D eigenvalue weighted by Gasteiger charge is 2.20. The Morgan fingerprint density at radius 2 is 1.50 bits per heavy atom. The first-order chi connectivity index (χ1) is 17.3. The summed E-state index contributed by atoms with van der Waals surface area (Å²) < 4.78 is 11.0. The van der Waals surface area contributed by atoms with Gasteiger partial charge in [-0.05, 0) is 41.4 Å². The zero-order valence-corrected chi connectivity index (χ0v) is 22.0. The molecule has 0 aliphatic carbocycles. The maximum absolute atomic E-state index is 13.2. The van der Waals surface area contributed by atoms with Crippen LogP contribution in [0.3, 0.4) is 0 Å². The van der Waals surface area contributed by atoms with Gasteiger partial charge in [0.15, 0.2) is 11.6 Å². The molecule has 1 aromatic carbocycles. The van der Waals surface area contributed by atoms with Crippen molar-refractivity contribution in [1.82, 2.24) is 29.1 Å². The predicted molar refractivity (Wildman–Crippen MR) is 139 cm³/mol. The zero-order valence-electron chi connectivity index (χ0n) is 21.0. The maximum atomic E-state index is 13.2. The summed E-state index contributed by atoms with van der Waals surface area (Å²) in [7, 11) is -1.20. The highest BCUT2D eigenvalue weighted by Crippen LogP contribution is 2.16. The third-order valence-corrected chi connectivity index (χ3v) is 7.40. The second-order valence-corrected chi connectivity index (χ2v) is 15.7. The van der Waals surface area contributed by atoms with Crippen LogP contribution in [0.5, 0.6) is 0 Å². The van der Waals surface area contributed by atoms with Gasteiger partial charge < -0.3 is 9.30 Å². The average Bonchev–Trinajstić information content (AvgIpc) is 3.59. The number of aromatic nitrogens is 6. The van der Waals surface area contributed by atoms with Gasteiger partial charge in [0.25, 0.3) is 0 Å². The molecule has 9 nitrogen and oxygen atoms in total. The summed E-state index contributed by atoms with van der Waals surface area (Å²) in [5.74, 6) is -0.344. The fraction of sp³-hybridized carbons (Fsp3) is 0.346. The molecule has 0 amide bonds. The number of ketones is 2. The van der Waals surface area contributed by atoms with E-state index in [1.807, 2.05) is 42.7 Å². The van der Waals surface area contributed by atoms with Crippen molar-refractivity contribution in [3.8, 4) is 0 Å². The first kappa shape index (κ1) is 25.5. The van der Waals surface area contributed by atoms with Crippen molar-refractivity contribution < 1.29 is 14.3 Å². The van der Waals surface area contributed by atoms with E-state index in [0.717, 1.165) is 17.2 Å². The number of hydrogen-bond acceptors (Lipinski definition) is 6. The quantitative estimate of drug-likeness (QED) is 0.117. The second-order valence-electron chi connectivity index (χ2n) is 10.0. The van der Waals surface area contributed by atoms with Crippen LogP contribution in [0.25, 0.3) is 0 Å². The van der Waals surface area contributed by atoms with E-state index in [1.54, 1.807) is 38.7 Å². The van der Waals surface area contributed by atoms with E-state index in [1.165, 1.54) is 0 Å². The van der Waals surface area contributed by atoms with E-state index in [9.17, 15) is 9.59 Å². The van der Waals surface area contributed by atoms with Crippen molar-refractivity contribution in [2.75, 3.05) is 6.61 Å². The Morgan fingerprint density at radius 3 is 2.06 bits per heavy atom. The van der Waals surface area contributed by atoms with Crippen LogP contribution >= 0.6 is 0 Å². The zero-order chi connectivity index (χ0) is 25.5. The van der Waals surface area contributed by atoms with Crippen LogP contribution in [0.1, 0.15) is 38.5 Å². The average molecular weight is 505 g/mol. The summed E-state index contributed by atoms with van der Waals surface area (Å²) in [5, 5.41) is 8.53. The van der Waals surface area contributed by atoms with E-state index < -0.39 is 8.07 Å². The summed E-state index contributed by atoms with van der Waals surface area (Å²) >= 11 is 0. The normalized spacial score (nSPS) is 11.6. The van der Waals surface area contributed by atoms with E-state index in [2.05, 4.69) is 34.8 Å². The van der Waals surface area contributed by atoms with Crippen molar-refractivity contribution in [3.05, 3.63) is 90.0 Å². The Hall–Kier alpha value is -3.63. The number of carbonyl (C=O) groups excluding carboxylic acids is 2. The Morgan fingerprint density at radius 1 is 0.861 bits per heavy atom. The standard InChI is InChI=1S/C26H32N6O3Si/c1-36(2,3)13-12-35-20-30-11-8-27-26(30)25(34)17-24(33)23-15-21(18-31-9-4-6-28-31)14-22(16-23)19-32-10-5-7-29-32/h4-11,14-16H,12-13,17-20H2,1-3H3. The molecule has 0 fully saturated rings. The Labute approximate surface area is 211 Å². The molecule has 0 saturated heterocycles. The Kier molecular flexibility index (Phi) is 8.06. The van der Waals surface area contributed by atoms with Crippen molar-refractivity contribution in [3.63, 3.8) is 0 Å². The van der Waals surface area contributed by atoms with Crippen LogP contribution < -0.4 is 0 Å². The molecule has 188 valence electrons. The smallest absolute Gasteiger partial charge is 0.206 e. The van der Waals surface area contributed by atoms with Crippen LogP contribution in [0, 0.1) is 0 Å². The molecule has 36 heavy (non-hydrogen) atoms. The van der Waals surface area contributed by atoms with Crippen LogP contribution in [0.15, 0.2) is 67.5 Å². The number of carbonyl (C=O) groups is 2. The fourth-order valence-corrected chi connectivity index (χ4v) is 4.56. The van der Waals surface area contributed by atoms with Gasteiger partial charge in [-0.3, -0.25) is 19.0 Å². The van der Waals surface area contributed by atoms with E-state index >= 15 is 0 Å². The number of ether oxygens (including phenoxy) is 1. The minimum Gasteiger partial charge on any atom is -0.361 e. The monoisotopic (exact) mass is 504 g/mol. The number of rotatable bonds is 13. The molecule has 0 bridgehead atoms. The van der Waals surface area contributed by atoms with Crippen molar-refractivity contribution in [2.24, 2.45) is 0 Å². The van der Waals surface area contributed by atoms with Gasteiger partial charge in [0.05, 0.1) is 19.5 Å². The molecule has 0 radical (unpaired) electrons. The first-order valence-electron chi connectivity index (χ1n) is 12.0. The summed E-state index contributed by atoms with van der Waals surface area (Å²) in [6.07, 6.45) is 10.2. The Bertz CT molecular complexity index is 1240. The largest absolute Gasteiger partial charge is 0.361 e. The minimum absolute atomic E-state index is 0.237. The highest BCUT2D eigenvalue weighted by atomic mass is 28.3. The van der Waals surface area contributed by atoms with Crippen molar-refractivity contribution in [2.45, 2.75) is 51.9 Å². The van der Waals surface area contributed by atoms with Crippen molar-refractivity contribution >= 4 is 19.6 Å². The molecule has 3 heterocycles. The van der Waals surface area contributed by atoms with Gasteiger partial charge in [0.1, 0.15) is 6.73 Å². The minimum atomic E-state index is -1.20. The number of nitrogens with zero attached hydrogens (tertiary/aromatic N) is 6. The van der Waals surface area contributed by atoms with Crippen LogP contribution in [-0.4, -0.2) is 55.4 Å². The number of hydrogen-bond donors (Lipinski definition) is 0. The molecule has 0 unspecified atom stereocenters. The Balaban J connectivity index is 1.47. The lowest BCUT2D eigenvalue weighted by atomic mass is 9.99. The third-order valence-electron chi connectivity index (χ3n) is 5.69. The van der Waals surface area contributed by atoms with Crippen LogP contribution in [-0.2, 0) is 24.6 Å². The summed E-state index contributed by atoms with van der Waals surface area (Å²) in [4.78, 5) is 30.4. The first-order valence-corrected chi connectivity index (χ1v) is 15.7. The fourth-order valence-electron chi connectivity index (χ4n) is 3.80. The van der Waals surface area contributed by atoms with Gasteiger partial charge in [-0.2, -0.15) is 10.2 Å². The molecule has 0 saturated carbocycles. The lowest BCUT2D eigenvalue weighted by Gasteiger charge is -2.16. The molecular formula is C26H32N6O3Si. The molecule has 0 aliphatic heterocycles. The van der Waals surface area contributed by atoms with E-state index in [-0.39, 0.29) is 30.5 Å². The van der Waals surface area contributed by atoms with Gasteiger partial charge in [-0.1, -0.05) is 25.7 Å². The molecule has 3 aromatic heterocycles. The second kappa shape index (κ2) is 11.4. The van der Waals surface area contributed by atoms with Gasteiger partial charge >= 0.3 is 0 Å². The van der Waals surface area contributed by atoms with Gasteiger partial charge in [-0.15, -0.1) is 0 Å². The predicted octanol–water partition coefficient (Wildman–Crippen LogP) is 4.14. The van der Waals surface area contributed by atoms with Gasteiger partial charge in [-0.25, -0.2) is 4.98 Å². The van der Waals surface area contributed by atoms with Crippen molar-refractivity contribution in [1.29, 1.82) is 0 Å². The molecule has 4 rings (SSSR count). The van der Waals surface area contributed by atoms with Crippen LogP contribution in [0.2, 0.25) is 25.7 Å². The molecule has 0 N–H and O–H groups in total. The lowest BCUT2D eigenvalue weighted by Crippen LogP contribution is -2.22. The summed E-state index contributed by atoms with van der Waals surface area (Å²) in [5.41, 5.74) is 2.34. The molecule has 0 aliphatic rings. The molecule has 4 aromatic rings. The number of Topliss-reactive ketones (excluding diaryl/α,β-unsaturated/α-hetero) is 2. The highest BCUT2D eigenvalue weighted by molar-refractivity contribution is 6.76.